The number of aryl methyl sites for hydroxylation is 1. The molecule has 0 saturated carbocycles. The van der Waals surface area contributed by atoms with Crippen LogP contribution in [0.1, 0.15) is 43.5 Å². The molecule has 2 aromatic heterocycles. The molecule has 0 spiro atoms. The first-order chi connectivity index (χ1) is 23.1. The van der Waals surface area contributed by atoms with Gasteiger partial charge in [0.2, 0.25) is 0 Å². The van der Waals surface area contributed by atoms with Gasteiger partial charge in [-0.2, -0.15) is 0 Å². The van der Waals surface area contributed by atoms with Crippen LogP contribution in [0.3, 0.4) is 0 Å². The molecule has 6 rings (SSSR count). The lowest BCUT2D eigenvalue weighted by Crippen LogP contribution is -2.40. The van der Waals surface area contributed by atoms with Crippen LogP contribution < -0.4 is 4.74 Å². The van der Waals surface area contributed by atoms with Gasteiger partial charge in [0, 0.05) is 40.3 Å². The molecule has 0 radical (unpaired) electrons. The fourth-order valence-corrected chi connectivity index (χ4v) is 8.59. The summed E-state index contributed by atoms with van der Waals surface area (Å²) in [5.41, 5.74) is 4.53. The number of nitrogens with zero attached hydrogens (tertiary/aromatic N) is 2. The van der Waals surface area contributed by atoms with Gasteiger partial charge in [0.15, 0.2) is 0 Å². The van der Waals surface area contributed by atoms with Crippen LogP contribution in [-0.2, 0) is 32.4 Å². The van der Waals surface area contributed by atoms with Gasteiger partial charge in [0.1, 0.15) is 27.1 Å². The molecule has 0 saturated heterocycles. The second kappa shape index (κ2) is 14.1. The van der Waals surface area contributed by atoms with Gasteiger partial charge in [0.05, 0.1) is 17.8 Å². The van der Waals surface area contributed by atoms with Crippen molar-refractivity contribution >= 4 is 50.0 Å². The lowest BCUT2D eigenvalue weighted by atomic mass is 10.0. The van der Waals surface area contributed by atoms with E-state index >= 15 is 4.39 Å². The summed E-state index contributed by atoms with van der Waals surface area (Å²) in [4.78, 5) is 17.3. The van der Waals surface area contributed by atoms with E-state index in [0.717, 1.165) is 31.4 Å². The molecule has 0 aliphatic heterocycles. The Hall–Kier alpha value is -4.19. The van der Waals surface area contributed by atoms with Gasteiger partial charge in [0.25, 0.3) is 10.0 Å². The third kappa shape index (κ3) is 6.99. The number of aromatic nitrogens is 2. The maximum absolute atomic E-state index is 15.2. The number of hydrogen-bond donors (Lipinski definition) is 0. The molecule has 48 heavy (non-hydrogen) atoms. The highest BCUT2D eigenvalue weighted by Crippen LogP contribution is 2.41. The van der Waals surface area contributed by atoms with E-state index in [9.17, 15) is 13.2 Å². The maximum Gasteiger partial charge on any atom is 0.306 e. The predicted molar refractivity (Wildman–Crippen MR) is 192 cm³/mol. The summed E-state index contributed by atoms with van der Waals surface area (Å²) < 4.78 is 53.3. The second-order valence-electron chi connectivity index (χ2n) is 11.7. The normalized spacial score (nSPS) is 16.4. The van der Waals surface area contributed by atoms with E-state index in [1.807, 2.05) is 55.0 Å². The molecule has 1 unspecified atom stereocenters. The SMILES string of the molecule is CCOC(=O)CCc1cccc(Cc2csc(-c3cccc(Oc4ccc5c(ccn5S(=O)(=O)C5(C)CC=C(SC)C=C5F)c4)c3)n2)c1. The summed E-state index contributed by atoms with van der Waals surface area (Å²) >= 11 is 2.94. The molecular weight excluding hydrogens is 668 g/mol. The highest BCUT2D eigenvalue weighted by Gasteiger charge is 2.46. The molecule has 248 valence electrons. The quantitative estimate of drug-likeness (QED) is 0.120. The van der Waals surface area contributed by atoms with Crippen molar-refractivity contribution in [3.63, 3.8) is 0 Å². The number of fused-ring (bicyclic) bond motifs is 1. The van der Waals surface area contributed by atoms with Crippen molar-refractivity contribution in [2.75, 3.05) is 12.9 Å². The Morgan fingerprint density at radius 1 is 1.06 bits per heavy atom. The van der Waals surface area contributed by atoms with E-state index in [4.69, 9.17) is 14.5 Å². The van der Waals surface area contributed by atoms with Gasteiger partial charge in [-0.15, -0.1) is 23.1 Å². The summed E-state index contributed by atoms with van der Waals surface area (Å²) in [6, 6.07) is 22.7. The molecule has 0 bridgehead atoms. The largest absolute Gasteiger partial charge is 0.466 e. The predicted octanol–water partition coefficient (Wildman–Crippen LogP) is 9.08. The topological polar surface area (TPSA) is 87.5 Å². The third-order valence-corrected chi connectivity index (χ3v) is 12.4. The van der Waals surface area contributed by atoms with Crippen LogP contribution in [0.5, 0.6) is 11.5 Å². The number of thioether (sulfide) groups is 1. The van der Waals surface area contributed by atoms with Crippen molar-refractivity contribution in [3.05, 3.63) is 124 Å². The van der Waals surface area contributed by atoms with Crippen LogP contribution in [0.4, 0.5) is 4.39 Å². The molecule has 0 fully saturated rings. The molecule has 0 amide bonds. The smallest absolute Gasteiger partial charge is 0.306 e. The van der Waals surface area contributed by atoms with Crippen molar-refractivity contribution in [2.45, 2.75) is 44.3 Å². The fraction of sp³-hybridized carbons (Fsp3) is 0.243. The van der Waals surface area contributed by atoms with Crippen molar-refractivity contribution in [2.24, 2.45) is 0 Å². The Morgan fingerprint density at radius 2 is 1.85 bits per heavy atom. The Morgan fingerprint density at radius 3 is 2.65 bits per heavy atom. The zero-order chi connectivity index (χ0) is 33.9. The summed E-state index contributed by atoms with van der Waals surface area (Å²) in [5, 5.41) is 3.57. The van der Waals surface area contributed by atoms with E-state index in [2.05, 4.69) is 12.1 Å². The lowest BCUT2D eigenvalue weighted by Gasteiger charge is -2.30. The molecule has 11 heteroatoms. The molecule has 2 heterocycles. The van der Waals surface area contributed by atoms with Gasteiger partial charge < -0.3 is 9.47 Å². The minimum atomic E-state index is -4.11. The molecule has 1 aliphatic carbocycles. The summed E-state index contributed by atoms with van der Waals surface area (Å²) in [5.74, 6) is 0.301. The van der Waals surface area contributed by atoms with Gasteiger partial charge in [-0.25, -0.2) is 21.8 Å². The molecule has 0 N–H and O–H groups in total. The third-order valence-electron chi connectivity index (χ3n) is 8.33. The van der Waals surface area contributed by atoms with Crippen LogP contribution in [-0.4, -0.2) is 41.0 Å². The zero-order valence-electron chi connectivity index (χ0n) is 26.8. The van der Waals surface area contributed by atoms with Crippen molar-refractivity contribution in [1.82, 2.24) is 8.96 Å². The summed E-state index contributed by atoms with van der Waals surface area (Å²) in [7, 11) is -4.11. The molecule has 7 nitrogen and oxygen atoms in total. The number of benzene rings is 3. The van der Waals surface area contributed by atoms with Crippen molar-refractivity contribution in [1.29, 1.82) is 0 Å². The minimum Gasteiger partial charge on any atom is -0.466 e. The fourth-order valence-electron chi connectivity index (χ4n) is 5.62. The monoisotopic (exact) mass is 702 g/mol. The van der Waals surface area contributed by atoms with Crippen molar-refractivity contribution in [3.8, 4) is 22.1 Å². The number of carbonyl (C=O) groups is 1. The summed E-state index contributed by atoms with van der Waals surface area (Å²) in [6.45, 7) is 3.62. The van der Waals surface area contributed by atoms with E-state index in [1.165, 1.54) is 31.0 Å². The number of allylic oxidation sites excluding steroid dienone is 2. The second-order valence-corrected chi connectivity index (χ2v) is 15.6. The van der Waals surface area contributed by atoms with Crippen LogP contribution in [0, 0.1) is 0 Å². The van der Waals surface area contributed by atoms with Crippen LogP contribution in [0.2, 0.25) is 0 Å². The maximum atomic E-state index is 15.2. The van der Waals surface area contributed by atoms with Crippen LogP contribution in [0.25, 0.3) is 21.5 Å². The number of halogens is 1. The highest BCUT2D eigenvalue weighted by molar-refractivity contribution is 8.02. The number of thiazole rings is 1. The van der Waals surface area contributed by atoms with Gasteiger partial charge in [-0.1, -0.05) is 42.5 Å². The first kappa shape index (κ1) is 33.7. The van der Waals surface area contributed by atoms with Crippen LogP contribution >= 0.6 is 23.1 Å². The first-order valence-electron chi connectivity index (χ1n) is 15.5. The number of ether oxygens (including phenoxy) is 2. The number of hydrogen-bond acceptors (Lipinski definition) is 8. The minimum absolute atomic E-state index is 0.0530. The summed E-state index contributed by atoms with van der Waals surface area (Å²) in [6.07, 6.45) is 8.09. The Bertz CT molecular complexity index is 2150. The highest BCUT2D eigenvalue weighted by atomic mass is 32.2. The number of esters is 1. The number of carbonyl (C=O) groups excluding carboxylic acids is 1. The zero-order valence-corrected chi connectivity index (χ0v) is 29.3. The first-order valence-corrected chi connectivity index (χ1v) is 19.1. The Labute approximate surface area is 288 Å². The average Bonchev–Trinajstić information content (AvgIpc) is 3.73. The van der Waals surface area contributed by atoms with Crippen molar-refractivity contribution < 1.29 is 27.1 Å². The van der Waals surface area contributed by atoms with Gasteiger partial charge in [-0.05, 0) is 86.5 Å². The molecule has 1 aliphatic rings. The Kier molecular flexibility index (Phi) is 9.91. The molecule has 3 aromatic carbocycles. The van der Waals surface area contributed by atoms with Crippen LogP contribution in [0.15, 0.2) is 107 Å². The van der Waals surface area contributed by atoms with E-state index in [-0.39, 0.29) is 12.4 Å². The standard InChI is InChI=1S/C37H35FN2O5S3/c1-4-44-35(41)14-11-25-7-5-8-26(19-25)20-29-24-47-36(39-29)28-9-6-10-30(22-28)45-31-12-13-33-27(21-31)16-18-40(33)48(42,43)37(2)17-15-32(46-3)23-34(37)38/h5-10,12-13,15-16,18-19,21-24H,4,11,14,17,20H2,1-3H3. The van der Waals surface area contributed by atoms with E-state index in [0.29, 0.717) is 53.2 Å². The average molecular weight is 703 g/mol. The van der Waals surface area contributed by atoms with E-state index in [1.54, 1.807) is 41.7 Å². The Balaban J connectivity index is 1.15. The van der Waals surface area contributed by atoms with Gasteiger partial charge >= 0.3 is 5.97 Å². The van der Waals surface area contributed by atoms with E-state index < -0.39 is 20.6 Å². The molecular formula is C37H35FN2O5S3. The molecule has 5 aromatic rings. The molecule has 1 atom stereocenters. The number of rotatable bonds is 12. The van der Waals surface area contributed by atoms with Gasteiger partial charge in [-0.3, -0.25) is 4.79 Å². The lowest BCUT2D eigenvalue weighted by molar-refractivity contribution is -0.143.